The van der Waals surface area contributed by atoms with Crippen LogP contribution in [0.25, 0.3) is 11.8 Å². The summed E-state index contributed by atoms with van der Waals surface area (Å²) in [5.41, 5.74) is 3.83. The van der Waals surface area contributed by atoms with Crippen LogP contribution in [0, 0.1) is 13.8 Å². The maximum atomic E-state index is 11.4. The summed E-state index contributed by atoms with van der Waals surface area (Å²) in [7, 11) is 0. The number of aryl methyl sites for hydroxylation is 1. The molecule has 0 radical (unpaired) electrons. The number of carbonyl (C=O) groups is 1. The van der Waals surface area contributed by atoms with Crippen molar-refractivity contribution in [1.82, 2.24) is 9.78 Å². The van der Waals surface area contributed by atoms with Crippen LogP contribution in [0.4, 0.5) is 0 Å². The molecule has 0 aliphatic rings. The molecule has 0 aliphatic carbocycles. The van der Waals surface area contributed by atoms with Gasteiger partial charge in [0.25, 0.3) is 0 Å². The molecule has 0 fully saturated rings. The lowest BCUT2D eigenvalue weighted by atomic mass is 10.2. The summed E-state index contributed by atoms with van der Waals surface area (Å²) < 4.78 is 6.76. The molecule has 2 rings (SSSR count). The quantitative estimate of drug-likeness (QED) is 0.633. The third-order valence-electron chi connectivity index (χ3n) is 3.02. The number of benzene rings is 1. The number of para-hydroxylation sites is 1. The highest BCUT2D eigenvalue weighted by Gasteiger charge is 2.10. The van der Waals surface area contributed by atoms with Crippen LogP contribution < -0.4 is 0 Å². The predicted molar refractivity (Wildman–Crippen MR) is 78.7 cm³/mol. The summed E-state index contributed by atoms with van der Waals surface area (Å²) in [6.07, 6.45) is 3.20. The Labute approximate surface area is 118 Å². The average Bonchev–Trinajstić information content (AvgIpc) is 2.73. The fraction of sp³-hybridized carbons (Fsp3) is 0.250. The first-order chi connectivity index (χ1) is 9.63. The first-order valence-corrected chi connectivity index (χ1v) is 6.60. The van der Waals surface area contributed by atoms with Crippen molar-refractivity contribution in [1.29, 1.82) is 0 Å². The van der Waals surface area contributed by atoms with Crippen LogP contribution in [-0.4, -0.2) is 22.4 Å². The molecule has 2 aromatic rings. The average molecular weight is 270 g/mol. The SMILES string of the molecule is CCOC(=O)C=Cc1c(C)nn(-c2ccccc2)c1C. The minimum atomic E-state index is -0.334. The van der Waals surface area contributed by atoms with E-state index in [0.29, 0.717) is 6.61 Å². The molecule has 1 heterocycles. The van der Waals surface area contributed by atoms with Gasteiger partial charge in [0.15, 0.2) is 0 Å². The highest BCUT2D eigenvalue weighted by atomic mass is 16.5. The Bertz CT molecular complexity index is 627. The maximum absolute atomic E-state index is 11.4. The van der Waals surface area contributed by atoms with Gasteiger partial charge in [0.1, 0.15) is 0 Å². The Morgan fingerprint density at radius 2 is 2.00 bits per heavy atom. The van der Waals surface area contributed by atoms with Gasteiger partial charge in [-0.1, -0.05) is 18.2 Å². The second kappa shape index (κ2) is 6.19. The Hall–Kier alpha value is -2.36. The minimum absolute atomic E-state index is 0.334. The largest absolute Gasteiger partial charge is 0.463 e. The van der Waals surface area contributed by atoms with Crippen LogP contribution >= 0.6 is 0 Å². The first-order valence-electron chi connectivity index (χ1n) is 6.60. The smallest absolute Gasteiger partial charge is 0.330 e. The van der Waals surface area contributed by atoms with Crippen molar-refractivity contribution in [3.8, 4) is 5.69 Å². The van der Waals surface area contributed by atoms with E-state index in [9.17, 15) is 4.79 Å². The third kappa shape index (κ3) is 2.96. The normalized spacial score (nSPS) is 10.9. The van der Waals surface area contributed by atoms with Gasteiger partial charge in [-0.25, -0.2) is 9.48 Å². The molecule has 0 saturated heterocycles. The van der Waals surface area contributed by atoms with Gasteiger partial charge in [-0.15, -0.1) is 0 Å². The van der Waals surface area contributed by atoms with Crippen molar-refractivity contribution >= 4 is 12.0 Å². The van der Waals surface area contributed by atoms with E-state index in [-0.39, 0.29) is 5.97 Å². The lowest BCUT2D eigenvalue weighted by Crippen LogP contribution is -1.99. The van der Waals surface area contributed by atoms with E-state index < -0.39 is 0 Å². The molecule has 0 amide bonds. The van der Waals surface area contributed by atoms with Crippen LogP contribution in [0.3, 0.4) is 0 Å². The monoisotopic (exact) mass is 270 g/mol. The zero-order valence-corrected chi connectivity index (χ0v) is 12.0. The van der Waals surface area contributed by atoms with E-state index in [0.717, 1.165) is 22.6 Å². The van der Waals surface area contributed by atoms with Crippen molar-refractivity contribution in [2.45, 2.75) is 20.8 Å². The van der Waals surface area contributed by atoms with E-state index in [1.165, 1.54) is 6.08 Å². The second-order valence-corrected chi connectivity index (χ2v) is 4.42. The summed E-state index contributed by atoms with van der Waals surface area (Å²) >= 11 is 0. The van der Waals surface area contributed by atoms with Gasteiger partial charge in [0, 0.05) is 17.3 Å². The van der Waals surface area contributed by atoms with Gasteiger partial charge in [-0.2, -0.15) is 5.10 Å². The molecule has 0 unspecified atom stereocenters. The molecule has 0 N–H and O–H groups in total. The number of rotatable bonds is 4. The number of hydrogen-bond acceptors (Lipinski definition) is 3. The second-order valence-electron chi connectivity index (χ2n) is 4.42. The summed E-state index contributed by atoms with van der Waals surface area (Å²) in [6.45, 7) is 6.08. The predicted octanol–water partition coefficient (Wildman–Crippen LogP) is 3.07. The standard InChI is InChI=1S/C16H18N2O2/c1-4-20-16(19)11-10-15-12(2)17-18(13(15)3)14-8-6-5-7-9-14/h5-11H,4H2,1-3H3. The molecule has 4 heteroatoms. The number of esters is 1. The van der Waals surface area contributed by atoms with Crippen LogP contribution in [0.15, 0.2) is 36.4 Å². The Morgan fingerprint density at radius 1 is 1.30 bits per heavy atom. The molecule has 0 bridgehead atoms. The lowest BCUT2D eigenvalue weighted by molar-refractivity contribution is -0.137. The van der Waals surface area contributed by atoms with Gasteiger partial charge < -0.3 is 4.74 Å². The van der Waals surface area contributed by atoms with Gasteiger partial charge in [-0.3, -0.25) is 0 Å². The molecule has 20 heavy (non-hydrogen) atoms. The summed E-state index contributed by atoms with van der Waals surface area (Å²) in [4.78, 5) is 11.4. The van der Waals surface area contributed by atoms with Gasteiger partial charge >= 0.3 is 5.97 Å². The van der Waals surface area contributed by atoms with E-state index in [1.54, 1.807) is 13.0 Å². The number of carbonyl (C=O) groups excluding carboxylic acids is 1. The molecular formula is C16H18N2O2. The fourth-order valence-corrected chi connectivity index (χ4v) is 2.06. The van der Waals surface area contributed by atoms with Crippen LogP contribution in [0.1, 0.15) is 23.9 Å². The summed E-state index contributed by atoms with van der Waals surface area (Å²) in [6, 6.07) is 9.91. The van der Waals surface area contributed by atoms with Crippen molar-refractivity contribution < 1.29 is 9.53 Å². The fourth-order valence-electron chi connectivity index (χ4n) is 2.06. The van der Waals surface area contributed by atoms with Gasteiger partial charge in [-0.05, 0) is 39.0 Å². The van der Waals surface area contributed by atoms with E-state index in [1.807, 2.05) is 48.9 Å². The Balaban J connectivity index is 2.33. The van der Waals surface area contributed by atoms with Crippen LogP contribution in [-0.2, 0) is 9.53 Å². The van der Waals surface area contributed by atoms with Crippen LogP contribution in [0.2, 0.25) is 0 Å². The van der Waals surface area contributed by atoms with Crippen molar-refractivity contribution in [3.63, 3.8) is 0 Å². The molecule has 0 saturated carbocycles. The van der Waals surface area contributed by atoms with Gasteiger partial charge in [0.05, 0.1) is 18.0 Å². The van der Waals surface area contributed by atoms with E-state index in [4.69, 9.17) is 4.74 Å². The highest BCUT2D eigenvalue weighted by Crippen LogP contribution is 2.19. The molecule has 1 aromatic carbocycles. The lowest BCUT2D eigenvalue weighted by Gasteiger charge is -2.03. The van der Waals surface area contributed by atoms with Crippen molar-refractivity contribution in [2.75, 3.05) is 6.61 Å². The molecule has 4 nitrogen and oxygen atoms in total. The Kier molecular flexibility index (Phi) is 4.35. The maximum Gasteiger partial charge on any atom is 0.330 e. The molecule has 0 aliphatic heterocycles. The number of nitrogens with zero attached hydrogens (tertiary/aromatic N) is 2. The van der Waals surface area contributed by atoms with Crippen molar-refractivity contribution in [2.24, 2.45) is 0 Å². The molecular weight excluding hydrogens is 252 g/mol. The molecule has 104 valence electrons. The first kappa shape index (κ1) is 14.1. The molecule has 0 spiro atoms. The Morgan fingerprint density at radius 3 is 2.65 bits per heavy atom. The topological polar surface area (TPSA) is 44.1 Å². The number of ether oxygens (including phenoxy) is 1. The van der Waals surface area contributed by atoms with E-state index >= 15 is 0 Å². The number of hydrogen-bond donors (Lipinski definition) is 0. The minimum Gasteiger partial charge on any atom is -0.463 e. The van der Waals surface area contributed by atoms with Crippen LogP contribution in [0.5, 0.6) is 0 Å². The van der Waals surface area contributed by atoms with Crippen molar-refractivity contribution in [3.05, 3.63) is 53.4 Å². The van der Waals surface area contributed by atoms with E-state index in [2.05, 4.69) is 5.10 Å². The number of aromatic nitrogens is 2. The molecule has 1 aromatic heterocycles. The third-order valence-corrected chi connectivity index (χ3v) is 3.02. The molecule has 0 atom stereocenters. The van der Waals surface area contributed by atoms with Gasteiger partial charge in [0.2, 0.25) is 0 Å². The zero-order chi connectivity index (χ0) is 14.5. The summed E-state index contributed by atoms with van der Waals surface area (Å²) in [5, 5.41) is 4.52. The highest BCUT2D eigenvalue weighted by molar-refractivity contribution is 5.87. The summed E-state index contributed by atoms with van der Waals surface area (Å²) in [5.74, 6) is -0.334. The zero-order valence-electron chi connectivity index (χ0n) is 12.0.